The molecule has 0 aliphatic carbocycles. The maximum Gasteiger partial charge on any atom is 0.234 e. The van der Waals surface area contributed by atoms with Crippen LogP contribution >= 0.6 is 11.3 Å². The fourth-order valence-electron chi connectivity index (χ4n) is 1.12. The third-order valence-corrected chi connectivity index (χ3v) is 2.65. The third-order valence-electron chi connectivity index (χ3n) is 1.85. The molecule has 1 heterocycles. The number of carbonyl (C=O) groups is 1. The van der Waals surface area contributed by atoms with Crippen LogP contribution in [0.5, 0.6) is 0 Å². The van der Waals surface area contributed by atoms with Crippen LogP contribution in [0.25, 0.3) is 0 Å². The normalized spacial score (nSPS) is 11.4. The lowest BCUT2D eigenvalue weighted by Gasteiger charge is -2.26. The van der Waals surface area contributed by atoms with Crippen molar-refractivity contribution in [2.24, 2.45) is 5.41 Å². The fourth-order valence-corrected chi connectivity index (χ4v) is 1.82. The Kier molecular flexibility index (Phi) is 3.26. The van der Waals surface area contributed by atoms with Crippen LogP contribution in [0.1, 0.15) is 27.7 Å². The molecule has 0 radical (unpaired) electrons. The maximum absolute atomic E-state index is 12.0. The molecule has 78 valence electrons. The smallest absolute Gasteiger partial charge is 0.234 e. The van der Waals surface area contributed by atoms with Crippen LogP contribution in [-0.2, 0) is 4.79 Å². The van der Waals surface area contributed by atoms with E-state index in [1.54, 1.807) is 11.1 Å². The standard InChI is InChI=1S/C10H16N2OS/c1-5-12(8(13)10(2,3)4)9-11-6-7-14-9/h6-7H,5H2,1-4H3. The predicted octanol–water partition coefficient (Wildman–Crippen LogP) is 2.54. The van der Waals surface area contributed by atoms with Gasteiger partial charge >= 0.3 is 0 Å². The zero-order valence-electron chi connectivity index (χ0n) is 9.07. The average Bonchev–Trinajstić information content (AvgIpc) is 2.57. The van der Waals surface area contributed by atoms with Gasteiger partial charge in [-0.05, 0) is 6.92 Å². The molecule has 3 nitrogen and oxygen atoms in total. The van der Waals surface area contributed by atoms with Gasteiger partial charge in [-0.25, -0.2) is 4.98 Å². The summed E-state index contributed by atoms with van der Waals surface area (Å²) in [5.41, 5.74) is -0.346. The molecule has 0 atom stereocenters. The van der Waals surface area contributed by atoms with E-state index >= 15 is 0 Å². The molecule has 1 amide bonds. The molecule has 1 aromatic rings. The Balaban J connectivity index is 2.89. The second-order valence-corrected chi connectivity index (χ2v) is 4.99. The topological polar surface area (TPSA) is 33.2 Å². The Morgan fingerprint density at radius 1 is 1.57 bits per heavy atom. The Morgan fingerprint density at radius 2 is 2.21 bits per heavy atom. The predicted molar refractivity (Wildman–Crippen MR) is 59.6 cm³/mol. The summed E-state index contributed by atoms with van der Waals surface area (Å²) < 4.78 is 0. The molecule has 0 N–H and O–H groups in total. The first-order valence-corrected chi connectivity index (χ1v) is 5.56. The van der Waals surface area contributed by atoms with Gasteiger partial charge in [0.1, 0.15) is 0 Å². The summed E-state index contributed by atoms with van der Waals surface area (Å²) in [5.74, 6) is 0.120. The lowest BCUT2D eigenvalue weighted by Crippen LogP contribution is -2.39. The molecule has 0 aromatic carbocycles. The van der Waals surface area contributed by atoms with Crippen molar-refractivity contribution >= 4 is 22.4 Å². The monoisotopic (exact) mass is 212 g/mol. The first kappa shape index (κ1) is 11.2. The van der Waals surface area contributed by atoms with E-state index in [-0.39, 0.29) is 11.3 Å². The minimum Gasteiger partial charge on any atom is -0.288 e. The fraction of sp³-hybridized carbons (Fsp3) is 0.600. The highest BCUT2D eigenvalue weighted by molar-refractivity contribution is 7.13. The van der Waals surface area contributed by atoms with E-state index < -0.39 is 0 Å². The van der Waals surface area contributed by atoms with Crippen molar-refractivity contribution in [3.05, 3.63) is 11.6 Å². The van der Waals surface area contributed by atoms with E-state index in [9.17, 15) is 4.79 Å². The molecule has 4 heteroatoms. The molecule has 0 saturated carbocycles. The Hall–Kier alpha value is -0.900. The summed E-state index contributed by atoms with van der Waals surface area (Å²) >= 11 is 1.49. The van der Waals surface area contributed by atoms with Gasteiger partial charge in [-0.15, -0.1) is 11.3 Å². The Labute approximate surface area is 88.8 Å². The SMILES string of the molecule is CCN(C(=O)C(C)(C)C)c1nccs1. The number of aromatic nitrogens is 1. The zero-order valence-corrected chi connectivity index (χ0v) is 9.89. The number of nitrogens with zero attached hydrogens (tertiary/aromatic N) is 2. The highest BCUT2D eigenvalue weighted by atomic mass is 32.1. The second-order valence-electron chi connectivity index (χ2n) is 4.11. The molecular weight excluding hydrogens is 196 g/mol. The third kappa shape index (κ3) is 2.32. The van der Waals surface area contributed by atoms with Crippen LogP contribution < -0.4 is 4.90 Å². The molecule has 0 saturated heterocycles. The number of amides is 1. The van der Waals surface area contributed by atoms with E-state index in [2.05, 4.69) is 4.98 Å². The Morgan fingerprint density at radius 3 is 2.57 bits per heavy atom. The van der Waals surface area contributed by atoms with Crippen molar-refractivity contribution in [3.63, 3.8) is 0 Å². The lowest BCUT2D eigenvalue weighted by atomic mass is 9.95. The average molecular weight is 212 g/mol. The van der Waals surface area contributed by atoms with Gasteiger partial charge in [0.05, 0.1) is 0 Å². The summed E-state index contributed by atoms with van der Waals surface area (Å²) in [4.78, 5) is 17.9. The van der Waals surface area contributed by atoms with E-state index in [1.807, 2.05) is 33.1 Å². The minimum atomic E-state index is -0.346. The van der Waals surface area contributed by atoms with Crippen molar-refractivity contribution in [1.82, 2.24) is 4.98 Å². The van der Waals surface area contributed by atoms with Crippen LogP contribution in [0.2, 0.25) is 0 Å². The van der Waals surface area contributed by atoms with Crippen LogP contribution in [0.4, 0.5) is 5.13 Å². The second kappa shape index (κ2) is 4.09. The van der Waals surface area contributed by atoms with Gasteiger partial charge in [0.25, 0.3) is 0 Å². The van der Waals surface area contributed by atoms with Gasteiger partial charge in [0, 0.05) is 23.5 Å². The molecule has 1 aromatic heterocycles. The van der Waals surface area contributed by atoms with Crippen molar-refractivity contribution in [2.75, 3.05) is 11.4 Å². The van der Waals surface area contributed by atoms with Gasteiger partial charge in [-0.3, -0.25) is 9.69 Å². The van der Waals surface area contributed by atoms with Gasteiger partial charge < -0.3 is 0 Å². The number of rotatable bonds is 2. The molecule has 0 spiro atoms. The van der Waals surface area contributed by atoms with Gasteiger partial charge in [-0.1, -0.05) is 20.8 Å². The van der Waals surface area contributed by atoms with E-state index in [0.29, 0.717) is 6.54 Å². The van der Waals surface area contributed by atoms with E-state index in [1.165, 1.54) is 11.3 Å². The summed E-state index contributed by atoms with van der Waals surface area (Å²) in [7, 11) is 0. The summed E-state index contributed by atoms with van der Waals surface area (Å²) in [6.07, 6.45) is 1.72. The summed E-state index contributed by atoms with van der Waals surface area (Å²) in [6.45, 7) is 8.40. The number of thiazole rings is 1. The molecular formula is C10H16N2OS. The van der Waals surface area contributed by atoms with Crippen LogP contribution in [-0.4, -0.2) is 17.4 Å². The molecule has 0 aliphatic rings. The molecule has 0 bridgehead atoms. The molecule has 0 fully saturated rings. The maximum atomic E-state index is 12.0. The van der Waals surface area contributed by atoms with Gasteiger partial charge in [-0.2, -0.15) is 0 Å². The Bertz CT molecular complexity index is 300. The number of carbonyl (C=O) groups excluding carboxylic acids is 1. The first-order valence-electron chi connectivity index (χ1n) is 4.68. The molecule has 1 rings (SSSR count). The number of hydrogen-bond donors (Lipinski definition) is 0. The van der Waals surface area contributed by atoms with E-state index in [4.69, 9.17) is 0 Å². The minimum absolute atomic E-state index is 0.120. The van der Waals surface area contributed by atoms with Crippen molar-refractivity contribution in [2.45, 2.75) is 27.7 Å². The lowest BCUT2D eigenvalue weighted by molar-refractivity contribution is -0.125. The largest absolute Gasteiger partial charge is 0.288 e. The zero-order chi connectivity index (χ0) is 10.8. The summed E-state index contributed by atoms with van der Waals surface area (Å²) in [6, 6.07) is 0. The highest BCUT2D eigenvalue weighted by Gasteiger charge is 2.28. The van der Waals surface area contributed by atoms with E-state index in [0.717, 1.165) is 5.13 Å². The van der Waals surface area contributed by atoms with Crippen molar-refractivity contribution in [3.8, 4) is 0 Å². The molecule has 14 heavy (non-hydrogen) atoms. The van der Waals surface area contributed by atoms with Crippen molar-refractivity contribution < 1.29 is 4.79 Å². The van der Waals surface area contributed by atoms with Crippen molar-refractivity contribution in [1.29, 1.82) is 0 Å². The molecule has 0 aliphatic heterocycles. The quantitative estimate of drug-likeness (QED) is 0.754. The van der Waals surface area contributed by atoms with Crippen LogP contribution in [0.3, 0.4) is 0 Å². The summed E-state index contributed by atoms with van der Waals surface area (Å²) in [5, 5.41) is 2.67. The molecule has 0 unspecified atom stereocenters. The number of anilines is 1. The highest BCUT2D eigenvalue weighted by Crippen LogP contribution is 2.24. The van der Waals surface area contributed by atoms with Crippen LogP contribution in [0, 0.1) is 5.41 Å². The van der Waals surface area contributed by atoms with Crippen LogP contribution in [0.15, 0.2) is 11.6 Å². The number of hydrogen-bond acceptors (Lipinski definition) is 3. The first-order chi connectivity index (χ1) is 6.46. The van der Waals surface area contributed by atoms with Gasteiger partial charge in [0.15, 0.2) is 5.13 Å². The van der Waals surface area contributed by atoms with Gasteiger partial charge in [0.2, 0.25) is 5.91 Å².